The quantitative estimate of drug-likeness (QED) is 0.599. The maximum atomic E-state index is 11.8. The number of nitrogen functional groups attached to an aromatic ring is 1. The van der Waals surface area contributed by atoms with Crippen LogP contribution in [0.5, 0.6) is 0 Å². The Morgan fingerprint density at radius 1 is 1.13 bits per heavy atom. The maximum absolute atomic E-state index is 11.8. The SMILES string of the molecule is Nc1ccc(CCNCC(F)(F)F)cc1. The number of rotatable bonds is 4. The molecule has 0 aliphatic rings. The van der Waals surface area contributed by atoms with Crippen molar-refractivity contribution in [2.24, 2.45) is 0 Å². The van der Waals surface area contributed by atoms with Crippen LogP contribution in [0.25, 0.3) is 0 Å². The second-order valence-electron chi connectivity index (χ2n) is 3.28. The fourth-order valence-electron chi connectivity index (χ4n) is 1.15. The molecule has 0 heterocycles. The van der Waals surface area contributed by atoms with E-state index in [1.165, 1.54) is 0 Å². The first-order chi connectivity index (χ1) is 6.97. The van der Waals surface area contributed by atoms with Crippen LogP contribution in [0.1, 0.15) is 5.56 Å². The zero-order chi connectivity index (χ0) is 11.3. The molecule has 0 unspecified atom stereocenters. The van der Waals surface area contributed by atoms with Gasteiger partial charge in [0.05, 0.1) is 6.54 Å². The molecule has 1 rings (SSSR count). The molecule has 15 heavy (non-hydrogen) atoms. The van der Waals surface area contributed by atoms with E-state index in [-0.39, 0.29) is 0 Å². The van der Waals surface area contributed by atoms with Crippen LogP contribution >= 0.6 is 0 Å². The topological polar surface area (TPSA) is 38.0 Å². The van der Waals surface area contributed by atoms with Gasteiger partial charge in [-0.3, -0.25) is 0 Å². The molecule has 0 spiro atoms. The minimum Gasteiger partial charge on any atom is -0.399 e. The predicted molar refractivity (Wildman–Crippen MR) is 53.5 cm³/mol. The Morgan fingerprint density at radius 2 is 1.73 bits per heavy atom. The lowest BCUT2D eigenvalue weighted by Crippen LogP contribution is -2.30. The number of hydrogen-bond donors (Lipinski definition) is 2. The molecular weight excluding hydrogens is 205 g/mol. The number of benzene rings is 1. The zero-order valence-corrected chi connectivity index (χ0v) is 8.14. The number of nitrogens with one attached hydrogen (secondary N) is 1. The Hall–Kier alpha value is -1.23. The first kappa shape index (κ1) is 11.8. The second kappa shape index (κ2) is 5.02. The first-order valence-electron chi connectivity index (χ1n) is 4.59. The van der Waals surface area contributed by atoms with Crippen LogP contribution in [0.4, 0.5) is 18.9 Å². The van der Waals surface area contributed by atoms with Gasteiger partial charge in [-0.1, -0.05) is 12.1 Å². The van der Waals surface area contributed by atoms with Gasteiger partial charge >= 0.3 is 6.18 Å². The largest absolute Gasteiger partial charge is 0.401 e. The molecule has 5 heteroatoms. The van der Waals surface area contributed by atoms with Gasteiger partial charge in [-0.25, -0.2) is 0 Å². The summed E-state index contributed by atoms with van der Waals surface area (Å²) in [6.07, 6.45) is -3.57. The van der Waals surface area contributed by atoms with E-state index in [1.807, 2.05) is 12.1 Å². The van der Waals surface area contributed by atoms with Gasteiger partial charge in [0.2, 0.25) is 0 Å². The highest BCUT2D eigenvalue weighted by Crippen LogP contribution is 2.12. The highest BCUT2D eigenvalue weighted by Gasteiger charge is 2.25. The fraction of sp³-hybridized carbons (Fsp3) is 0.400. The third-order valence-electron chi connectivity index (χ3n) is 1.90. The Balaban J connectivity index is 2.23. The molecule has 0 amide bonds. The van der Waals surface area contributed by atoms with E-state index in [1.54, 1.807) is 12.1 Å². The molecule has 84 valence electrons. The minimum atomic E-state index is -4.14. The van der Waals surface area contributed by atoms with E-state index in [4.69, 9.17) is 5.73 Å². The number of alkyl halides is 3. The van der Waals surface area contributed by atoms with Crippen molar-refractivity contribution in [3.8, 4) is 0 Å². The molecule has 0 bridgehead atoms. The van der Waals surface area contributed by atoms with Crippen molar-refractivity contribution in [2.75, 3.05) is 18.8 Å². The Kier molecular flexibility index (Phi) is 3.96. The van der Waals surface area contributed by atoms with Gasteiger partial charge in [0.25, 0.3) is 0 Å². The number of nitrogens with two attached hydrogens (primary N) is 1. The summed E-state index contributed by atoms with van der Waals surface area (Å²) in [6, 6.07) is 7.09. The van der Waals surface area contributed by atoms with Gasteiger partial charge in [0, 0.05) is 5.69 Å². The molecule has 2 nitrogen and oxygen atoms in total. The van der Waals surface area contributed by atoms with Crippen LogP contribution < -0.4 is 11.1 Å². The zero-order valence-electron chi connectivity index (χ0n) is 8.14. The maximum Gasteiger partial charge on any atom is 0.401 e. The van der Waals surface area contributed by atoms with Gasteiger partial charge in [0.1, 0.15) is 0 Å². The molecular formula is C10H13F3N2. The number of halogens is 3. The summed E-state index contributed by atoms with van der Waals surface area (Å²) in [4.78, 5) is 0. The van der Waals surface area contributed by atoms with Crippen molar-refractivity contribution in [1.29, 1.82) is 0 Å². The van der Waals surface area contributed by atoms with Crippen molar-refractivity contribution in [1.82, 2.24) is 5.32 Å². The molecule has 0 radical (unpaired) electrons. The van der Waals surface area contributed by atoms with Gasteiger partial charge in [-0.05, 0) is 30.7 Å². The van der Waals surface area contributed by atoms with Crippen LogP contribution in [0.15, 0.2) is 24.3 Å². The Morgan fingerprint density at radius 3 is 2.27 bits per heavy atom. The third-order valence-corrected chi connectivity index (χ3v) is 1.90. The second-order valence-corrected chi connectivity index (χ2v) is 3.28. The summed E-state index contributed by atoms with van der Waals surface area (Å²) in [7, 11) is 0. The molecule has 1 aromatic carbocycles. The van der Waals surface area contributed by atoms with E-state index < -0.39 is 12.7 Å². The summed E-state index contributed by atoms with van der Waals surface area (Å²) < 4.78 is 35.3. The molecule has 3 N–H and O–H groups in total. The van der Waals surface area contributed by atoms with E-state index in [0.29, 0.717) is 18.7 Å². The summed E-state index contributed by atoms with van der Waals surface area (Å²) in [6.45, 7) is -0.634. The molecule has 0 aromatic heterocycles. The molecule has 0 aliphatic heterocycles. The standard InChI is InChI=1S/C10H13F3N2/c11-10(12,13)7-15-6-5-8-1-3-9(14)4-2-8/h1-4,15H,5-7,14H2. The molecule has 0 fully saturated rings. The first-order valence-corrected chi connectivity index (χ1v) is 4.59. The Labute approximate surface area is 86.3 Å². The van der Waals surface area contributed by atoms with E-state index in [0.717, 1.165) is 5.56 Å². The lowest BCUT2D eigenvalue weighted by Gasteiger charge is -2.07. The van der Waals surface area contributed by atoms with Crippen LogP contribution in [0.3, 0.4) is 0 Å². The molecule has 0 saturated carbocycles. The van der Waals surface area contributed by atoms with Crippen molar-refractivity contribution in [3.63, 3.8) is 0 Å². The van der Waals surface area contributed by atoms with E-state index in [9.17, 15) is 13.2 Å². The van der Waals surface area contributed by atoms with E-state index in [2.05, 4.69) is 5.32 Å². The van der Waals surface area contributed by atoms with Crippen molar-refractivity contribution in [2.45, 2.75) is 12.6 Å². The lowest BCUT2D eigenvalue weighted by atomic mass is 10.1. The van der Waals surface area contributed by atoms with E-state index >= 15 is 0 Å². The van der Waals surface area contributed by atoms with Crippen LogP contribution in [-0.2, 0) is 6.42 Å². The Bertz CT molecular complexity index is 293. The summed E-state index contributed by atoms with van der Waals surface area (Å²) >= 11 is 0. The average Bonchev–Trinajstić information content (AvgIpc) is 2.14. The van der Waals surface area contributed by atoms with Crippen molar-refractivity contribution in [3.05, 3.63) is 29.8 Å². The minimum absolute atomic E-state index is 0.309. The number of hydrogen-bond acceptors (Lipinski definition) is 2. The summed E-state index contributed by atoms with van der Waals surface area (Å²) in [5.74, 6) is 0. The van der Waals surface area contributed by atoms with Crippen LogP contribution in [0, 0.1) is 0 Å². The molecule has 1 aromatic rings. The van der Waals surface area contributed by atoms with Crippen molar-refractivity contribution < 1.29 is 13.2 Å². The summed E-state index contributed by atoms with van der Waals surface area (Å²) in [5.41, 5.74) is 7.10. The lowest BCUT2D eigenvalue weighted by molar-refractivity contribution is -0.124. The monoisotopic (exact) mass is 218 g/mol. The molecule has 0 saturated heterocycles. The third kappa shape index (κ3) is 5.27. The smallest absolute Gasteiger partial charge is 0.399 e. The molecule has 0 aliphatic carbocycles. The normalized spacial score (nSPS) is 11.7. The van der Waals surface area contributed by atoms with Gasteiger partial charge in [-0.2, -0.15) is 13.2 Å². The summed E-state index contributed by atoms with van der Waals surface area (Å²) in [5, 5.41) is 2.33. The average molecular weight is 218 g/mol. The highest BCUT2D eigenvalue weighted by molar-refractivity contribution is 5.39. The fourth-order valence-corrected chi connectivity index (χ4v) is 1.15. The van der Waals surface area contributed by atoms with Gasteiger partial charge < -0.3 is 11.1 Å². The van der Waals surface area contributed by atoms with Gasteiger partial charge in [0.15, 0.2) is 0 Å². The van der Waals surface area contributed by atoms with Crippen LogP contribution in [-0.4, -0.2) is 19.3 Å². The highest BCUT2D eigenvalue weighted by atomic mass is 19.4. The van der Waals surface area contributed by atoms with Gasteiger partial charge in [-0.15, -0.1) is 0 Å². The molecule has 0 atom stereocenters. The van der Waals surface area contributed by atoms with Crippen molar-refractivity contribution >= 4 is 5.69 Å². The predicted octanol–water partition coefficient (Wildman–Crippen LogP) is 1.96. The number of anilines is 1. The van der Waals surface area contributed by atoms with Crippen LogP contribution in [0.2, 0.25) is 0 Å².